The van der Waals surface area contributed by atoms with Crippen LogP contribution in [0.3, 0.4) is 0 Å². The fourth-order valence-corrected chi connectivity index (χ4v) is 5.18. The third-order valence-corrected chi connectivity index (χ3v) is 7.40. The molecule has 36 heavy (non-hydrogen) atoms. The molecule has 0 radical (unpaired) electrons. The van der Waals surface area contributed by atoms with E-state index in [0.29, 0.717) is 16.3 Å². The monoisotopic (exact) mass is 545 g/mol. The van der Waals surface area contributed by atoms with E-state index >= 15 is 0 Å². The number of benzene rings is 3. The van der Waals surface area contributed by atoms with Crippen LogP contribution in [0.5, 0.6) is 17.2 Å². The minimum Gasteiger partial charge on any atom is -0.493 e. The van der Waals surface area contributed by atoms with Crippen LogP contribution in [-0.2, 0) is 14.9 Å². The molecule has 186 valence electrons. The van der Waals surface area contributed by atoms with E-state index in [4.69, 9.17) is 25.3 Å². The standard InChI is InChI=1S/C25H20ClNO7S2/c1-32-21-12-7-17(15-22(21)34-36(30,31)20-5-3-2-4-6-20)16-23-24(28)27(25(29)35-23)13-14-33-19-10-8-18(26)9-11-19/h2-12,15-16H,13-14H2,1H3/b23-16-. The van der Waals surface area contributed by atoms with Gasteiger partial charge in [-0.05, 0) is 71.9 Å². The number of methoxy groups -OCH3 is 1. The molecule has 3 aromatic rings. The number of carbonyl (C=O) groups is 2. The van der Waals surface area contributed by atoms with Crippen molar-refractivity contribution in [1.82, 2.24) is 4.90 Å². The molecule has 1 aliphatic heterocycles. The molecule has 0 saturated carbocycles. The molecule has 2 amide bonds. The van der Waals surface area contributed by atoms with Crippen molar-refractivity contribution in [3.8, 4) is 17.2 Å². The molecule has 1 heterocycles. The van der Waals surface area contributed by atoms with E-state index in [1.165, 1.54) is 37.5 Å². The first-order valence-corrected chi connectivity index (χ1v) is 13.2. The fraction of sp³-hybridized carbons (Fsp3) is 0.120. The maximum atomic E-state index is 12.8. The Morgan fingerprint density at radius 1 is 0.972 bits per heavy atom. The van der Waals surface area contributed by atoms with Gasteiger partial charge < -0.3 is 13.7 Å². The van der Waals surface area contributed by atoms with E-state index in [9.17, 15) is 18.0 Å². The molecule has 11 heteroatoms. The second-order valence-corrected chi connectivity index (χ2v) is 10.4. The van der Waals surface area contributed by atoms with Gasteiger partial charge in [-0.25, -0.2) is 0 Å². The van der Waals surface area contributed by atoms with Gasteiger partial charge in [-0.2, -0.15) is 8.42 Å². The number of imide groups is 1. The second kappa shape index (κ2) is 11.1. The molecule has 0 spiro atoms. The summed E-state index contributed by atoms with van der Waals surface area (Å²) in [4.78, 5) is 26.5. The van der Waals surface area contributed by atoms with Gasteiger partial charge in [-0.1, -0.05) is 35.9 Å². The number of hydrogen-bond donors (Lipinski definition) is 0. The van der Waals surface area contributed by atoms with E-state index < -0.39 is 21.3 Å². The molecule has 0 atom stereocenters. The molecule has 0 unspecified atom stereocenters. The molecular formula is C25H20ClNO7S2. The highest BCUT2D eigenvalue weighted by molar-refractivity contribution is 8.18. The SMILES string of the molecule is COc1ccc(/C=C2\SC(=O)N(CCOc3ccc(Cl)cc3)C2=O)cc1OS(=O)(=O)c1ccccc1. The van der Waals surface area contributed by atoms with Crippen molar-refractivity contribution in [2.24, 2.45) is 0 Å². The molecule has 8 nitrogen and oxygen atoms in total. The lowest BCUT2D eigenvalue weighted by atomic mass is 10.2. The largest absolute Gasteiger partial charge is 0.493 e. The minimum atomic E-state index is -4.11. The Bertz CT molecular complexity index is 1410. The van der Waals surface area contributed by atoms with Crippen molar-refractivity contribution < 1.29 is 31.7 Å². The fourth-order valence-electron chi connectivity index (χ4n) is 3.23. The Kier molecular flexibility index (Phi) is 7.88. The van der Waals surface area contributed by atoms with Crippen molar-refractivity contribution in [3.63, 3.8) is 0 Å². The molecule has 0 N–H and O–H groups in total. The molecular weight excluding hydrogens is 526 g/mol. The summed E-state index contributed by atoms with van der Waals surface area (Å²) in [5, 5.41) is 0.144. The van der Waals surface area contributed by atoms with Crippen LogP contribution in [0, 0.1) is 0 Å². The van der Waals surface area contributed by atoms with E-state index in [-0.39, 0.29) is 34.5 Å². The predicted octanol–water partition coefficient (Wildman–Crippen LogP) is 5.23. The predicted molar refractivity (Wildman–Crippen MR) is 137 cm³/mol. The van der Waals surface area contributed by atoms with Crippen LogP contribution < -0.4 is 13.7 Å². The van der Waals surface area contributed by atoms with Crippen molar-refractivity contribution in [2.45, 2.75) is 4.90 Å². The van der Waals surface area contributed by atoms with Gasteiger partial charge in [0.05, 0.1) is 18.6 Å². The highest BCUT2D eigenvalue weighted by Crippen LogP contribution is 2.35. The van der Waals surface area contributed by atoms with Crippen LogP contribution in [0.2, 0.25) is 5.02 Å². The van der Waals surface area contributed by atoms with E-state index in [1.807, 2.05) is 0 Å². The average molecular weight is 546 g/mol. The lowest BCUT2D eigenvalue weighted by Gasteiger charge is -2.13. The van der Waals surface area contributed by atoms with Gasteiger partial charge in [0, 0.05) is 5.02 Å². The quantitative estimate of drug-likeness (QED) is 0.266. The molecule has 1 aliphatic rings. The molecule has 3 aromatic carbocycles. The van der Waals surface area contributed by atoms with Gasteiger partial charge in [0.15, 0.2) is 11.5 Å². The Morgan fingerprint density at radius 3 is 2.39 bits per heavy atom. The lowest BCUT2D eigenvalue weighted by molar-refractivity contribution is -0.123. The second-order valence-electron chi connectivity index (χ2n) is 7.40. The van der Waals surface area contributed by atoms with Gasteiger partial charge in [-0.3, -0.25) is 14.5 Å². The van der Waals surface area contributed by atoms with Gasteiger partial charge in [0.1, 0.15) is 17.3 Å². The van der Waals surface area contributed by atoms with Gasteiger partial charge in [0.2, 0.25) is 0 Å². The Morgan fingerprint density at radius 2 is 1.69 bits per heavy atom. The third kappa shape index (κ3) is 6.01. The molecule has 1 saturated heterocycles. The first kappa shape index (κ1) is 25.6. The summed E-state index contributed by atoms with van der Waals surface area (Å²) in [7, 11) is -2.73. The summed E-state index contributed by atoms with van der Waals surface area (Å²) in [6.07, 6.45) is 1.49. The number of ether oxygens (including phenoxy) is 2. The minimum absolute atomic E-state index is 0.0144. The van der Waals surface area contributed by atoms with Gasteiger partial charge in [0.25, 0.3) is 11.1 Å². The maximum Gasteiger partial charge on any atom is 0.339 e. The van der Waals surface area contributed by atoms with Crippen molar-refractivity contribution in [1.29, 1.82) is 0 Å². The maximum absolute atomic E-state index is 12.8. The summed E-state index contributed by atoms with van der Waals surface area (Å²) in [6, 6.07) is 19.0. The van der Waals surface area contributed by atoms with Crippen LogP contribution in [0.25, 0.3) is 6.08 Å². The van der Waals surface area contributed by atoms with Crippen LogP contribution in [0.15, 0.2) is 82.6 Å². The number of amides is 2. The lowest BCUT2D eigenvalue weighted by Crippen LogP contribution is -2.32. The third-order valence-electron chi connectivity index (χ3n) is 4.99. The number of hydrogen-bond acceptors (Lipinski definition) is 8. The highest BCUT2D eigenvalue weighted by atomic mass is 35.5. The summed E-state index contributed by atoms with van der Waals surface area (Å²) in [6.45, 7) is 0.182. The number of carbonyl (C=O) groups excluding carboxylic acids is 2. The van der Waals surface area contributed by atoms with Crippen molar-refractivity contribution in [3.05, 3.63) is 88.3 Å². The molecule has 4 rings (SSSR count). The molecule has 1 fully saturated rings. The summed E-state index contributed by atoms with van der Waals surface area (Å²) < 4.78 is 41.4. The van der Waals surface area contributed by atoms with E-state index in [2.05, 4.69) is 0 Å². The highest BCUT2D eigenvalue weighted by Gasteiger charge is 2.35. The first-order chi connectivity index (χ1) is 17.3. The summed E-state index contributed by atoms with van der Waals surface area (Å²) >= 11 is 6.64. The van der Waals surface area contributed by atoms with Crippen LogP contribution in [-0.4, -0.2) is 44.7 Å². The number of nitrogens with zero attached hydrogens (tertiary/aromatic N) is 1. The number of thioether (sulfide) groups is 1. The number of halogens is 1. The van der Waals surface area contributed by atoms with E-state index in [1.54, 1.807) is 48.5 Å². The Balaban J connectivity index is 1.48. The smallest absolute Gasteiger partial charge is 0.339 e. The Hall–Kier alpha value is -3.47. The van der Waals surface area contributed by atoms with Crippen LogP contribution >= 0.6 is 23.4 Å². The first-order valence-electron chi connectivity index (χ1n) is 10.6. The van der Waals surface area contributed by atoms with Crippen LogP contribution in [0.4, 0.5) is 4.79 Å². The van der Waals surface area contributed by atoms with Gasteiger partial charge >= 0.3 is 10.1 Å². The Labute approximate surface area is 217 Å². The molecule has 0 bridgehead atoms. The van der Waals surface area contributed by atoms with Crippen molar-refractivity contribution in [2.75, 3.05) is 20.3 Å². The van der Waals surface area contributed by atoms with Gasteiger partial charge in [-0.15, -0.1) is 0 Å². The normalized spacial score (nSPS) is 14.8. The molecule has 0 aromatic heterocycles. The van der Waals surface area contributed by atoms with Crippen molar-refractivity contribution >= 4 is 50.7 Å². The zero-order valence-corrected chi connectivity index (χ0v) is 21.3. The average Bonchev–Trinajstić information content (AvgIpc) is 3.13. The summed E-state index contributed by atoms with van der Waals surface area (Å²) in [5.41, 5.74) is 0.456. The van der Waals surface area contributed by atoms with Crippen LogP contribution in [0.1, 0.15) is 5.56 Å². The zero-order chi connectivity index (χ0) is 25.7. The topological polar surface area (TPSA) is 99.2 Å². The molecule has 0 aliphatic carbocycles. The summed E-state index contributed by atoms with van der Waals surface area (Å²) in [5.74, 6) is 0.239. The number of rotatable bonds is 9. The van der Waals surface area contributed by atoms with E-state index in [0.717, 1.165) is 16.7 Å². The zero-order valence-electron chi connectivity index (χ0n) is 18.9.